The van der Waals surface area contributed by atoms with Crippen LogP contribution in [0.25, 0.3) is 0 Å². The van der Waals surface area contributed by atoms with E-state index in [-0.39, 0.29) is 30.3 Å². The van der Waals surface area contributed by atoms with E-state index in [1.165, 1.54) is 5.56 Å². The molecule has 1 aromatic rings. The van der Waals surface area contributed by atoms with E-state index in [0.29, 0.717) is 6.54 Å². The lowest BCUT2D eigenvalue weighted by Gasteiger charge is -2.35. The number of carbonyl (C=O) groups excluding carboxylic acids is 1. The molecule has 2 aliphatic heterocycles. The SMILES string of the molecule is Cl.O=C(NCC(c1ccccc1)N1CCOCC1)C1CCNCC1. The van der Waals surface area contributed by atoms with Crippen LogP contribution in [0, 0.1) is 5.92 Å². The van der Waals surface area contributed by atoms with Crippen LogP contribution in [0.15, 0.2) is 30.3 Å². The molecular formula is C18H28ClN3O2. The number of amides is 1. The van der Waals surface area contributed by atoms with Crippen LogP contribution in [0.2, 0.25) is 0 Å². The Hall–Kier alpha value is -1.14. The van der Waals surface area contributed by atoms with Gasteiger partial charge in [-0.2, -0.15) is 0 Å². The molecule has 134 valence electrons. The molecule has 5 nitrogen and oxygen atoms in total. The fraction of sp³-hybridized carbons (Fsp3) is 0.611. The lowest BCUT2D eigenvalue weighted by atomic mass is 9.97. The van der Waals surface area contributed by atoms with Crippen molar-refractivity contribution in [3.8, 4) is 0 Å². The highest BCUT2D eigenvalue weighted by Gasteiger charge is 2.25. The summed E-state index contributed by atoms with van der Waals surface area (Å²) in [5, 5.41) is 6.51. The highest BCUT2D eigenvalue weighted by Crippen LogP contribution is 2.21. The molecule has 0 aliphatic carbocycles. The molecular weight excluding hydrogens is 326 g/mol. The third-order valence-electron chi connectivity index (χ3n) is 4.85. The minimum absolute atomic E-state index is 0. The molecule has 0 aromatic heterocycles. The van der Waals surface area contributed by atoms with Crippen LogP contribution in [0.5, 0.6) is 0 Å². The summed E-state index contributed by atoms with van der Waals surface area (Å²) in [7, 11) is 0. The largest absolute Gasteiger partial charge is 0.379 e. The number of rotatable bonds is 5. The number of nitrogens with one attached hydrogen (secondary N) is 2. The third kappa shape index (κ3) is 5.18. The van der Waals surface area contributed by atoms with Crippen LogP contribution < -0.4 is 10.6 Å². The Morgan fingerprint density at radius 2 is 1.88 bits per heavy atom. The van der Waals surface area contributed by atoms with Crippen molar-refractivity contribution in [3.63, 3.8) is 0 Å². The van der Waals surface area contributed by atoms with Crippen molar-refractivity contribution in [1.29, 1.82) is 0 Å². The van der Waals surface area contributed by atoms with Gasteiger partial charge in [0.15, 0.2) is 0 Å². The van der Waals surface area contributed by atoms with Crippen LogP contribution in [0.1, 0.15) is 24.4 Å². The first kappa shape index (κ1) is 19.2. The standard InChI is InChI=1S/C18H27N3O2.ClH/c22-18(16-6-8-19-9-7-16)20-14-17(15-4-2-1-3-5-15)21-10-12-23-13-11-21;/h1-5,16-17,19H,6-14H2,(H,20,22);1H. The summed E-state index contributed by atoms with van der Waals surface area (Å²) in [6, 6.07) is 10.7. The first-order valence-electron chi connectivity index (χ1n) is 8.70. The van der Waals surface area contributed by atoms with Gasteiger partial charge in [-0.15, -0.1) is 12.4 Å². The first-order chi connectivity index (χ1) is 11.3. The van der Waals surface area contributed by atoms with Crippen LogP contribution in [-0.2, 0) is 9.53 Å². The van der Waals surface area contributed by atoms with Crippen LogP contribution in [0.4, 0.5) is 0 Å². The number of benzene rings is 1. The number of halogens is 1. The molecule has 2 aliphatic rings. The summed E-state index contributed by atoms with van der Waals surface area (Å²) in [6.07, 6.45) is 1.89. The van der Waals surface area contributed by atoms with Gasteiger partial charge in [-0.25, -0.2) is 0 Å². The molecule has 3 rings (SSSR count). The monoisotopic (exact) mass is 353 g/mol. The average Bonchev–Trinajstić information content (AvgIpc) is 2.64. The van der Waals surface area contributed by atoms with Crippen molar-refractivity contribution >= 4 is 18.3 Å². The quantitative estimate of drug-likeness (QED) is 0.844. The van der Waals surface area contributed by atoms with Gasteiger partial charge >= 0.3 is 0 Å². The third-order valence-corrected chi connectivity index (χ3v) is 4.85. The van der Waals surface area contributed by atoms with Gasteiger partial charge in [0.05, 0.1) is 19.3 Å². The molecule has 0 saturated carbocycles. The Labute approximate surface area is 150 Å². The second kappa shape index (κ2) is 9.99. The van der Waals surface area contributed by atoms with Crippen molar-refractivity contribution in [3.05, 3.63) is 35.9 Å². The average molecular weight is 354 g/mol. The summed E-state index contributed by atoms with van der Waals surface area (Å²) in [5.41, 5.74) is 1.26. The van der Waals surface area contributed by atoms with E-state index >= 15 is 0 Å². The van der Waals surface area contributed by atoms with Gasteiger partial charge in [-0.1, -0.05) is 30.3 Å². The van der Waals surface area contributed by atoms with Crippen LogP contribution in [-0.4, -0.2) is 56.7 Å². The van der Waals surface area contributed by atoms with Crippen molar-refractivity contribution in [2.24, 2.45) is 5.92 Å². The Morgan fingerprint density at radius 1 is 1.21 bits per heavy atom. The smallest absolute Gasteiger partial charge is 0.223 e. The van der Waals surface area contributed by atoms with E-state index in [0.717, 1.165) is 52.2 Å². The maximum atomic E-state index is 12.4. The molecule has 2 heterocycles. The second-order valence-corrected chi connectivity index (χ2v) is 6.34. The number of carbonyl (C=O) groups is 1. The Bertz CT molecular complexity index is 488. The molecule has 0 radical (unpaired) electrons. The molecule has 1 aromatic carbocycles. The van der Waals surface area contributed by atoms with E-state index in [9.17, 15) is 4.79 Å². The Morgan fingerprint density at radius 3 is 2.54 bits per heavy atom. The van der Waals surface area contributed by atoms with Gasteiger partial charge in [0, 0.05) is 25.6 Å². The zero-order chi connectivity index (χ0) is 15.9. The summed E-state index contributed by atoms with van der Waals surface area (Å²) in [5.74, 6) is 0.373. The highest BCUT2D eigenvalue weighted by atomic mass is 35.5. The van der Waals surface area contributed by atoms with Gasteiger partial charge in [-0.3, -0.25) is 9.69 Å². The van der Waals surface area contributed by atoms with Gasteiger partial charge in [0.25, 0.3) is 0 Å². The van der Waals surface area contributed by atoms with Gasteiger partial charge in [0.2, 0.25) is 5.91 Å². The number of piperidine rings is 1. The van der Waals surface area contributed by atoms with Gasteiger partial charge in [-0.05, 0) is 31.5 Å². The molecule has 6 heteroatoms. The molecule has 1 amide bonds. The zero-order valence-electron chi connectivity index (χ0n) is 14.1. The topological polar surface area (TPSA) is 53.6 Å². The predicted octanol–water partition coefficient (Wildman–Crippen LogP) is 1.60. The van der Waals surface area contributed by atoms with Crippen molar-refractivity contribution in [2.45, 2.75) is 18.9 Å². The number of ether oxygens (including phenoxy) is 1. The van der Waals surface area contributed by atoms with Crippen molar-refractivity contribution in [2.75, 3.05) is 45.9 Å². The van der Waals surface area contributed by atoms with E-state index in [1.54, 1.807) is 0 Å². The van der Waals surface area contributed by atoms with E-state index in [2.05, 4.69) is 39.8 Å². The van der Waals surface area contributed by atoms with Crippen molar-refractivity contribution in [1.82, 2.24) is 15.5 Å². The molecule has 0 spiro atoms. The molecule has 1 unspecified atom stereocenters. The van der Waals surface area contributed by atoms with Crippen molar-refractivity contribution < 1.29 is 9.53 Å². The highest BCUT2D eigenvalue weighted by molar-refractivity contribution is 5.85. The molecule has 24 heavy (non-hydrogen) atoms. The normalized spacial score (nSPS) is 20.8. The number of hydrogen-bond acceptors (Lipinski definition) is 4. The molecule has 2 fully saturated rings. The number of hydrogen-bond donors (Lipinski definition) is 2. The summed E-state index contributed by atoms with van der Waals surface area (Å²) >= 11 is 0. The fourth-order valence-corrected chi connectivity index (χ4v) is 3.45. The van der Waals surface area contributed by atoms with Crippen LogP contribution >= 0.6 is 12.4 Å². The van der Waals surface area contributed by atoms with Crippen LogP contribution in [0.3, 0.4) is 0 Å². The Kier molecular flexibility index (Phi) is 7.99. The lowest BCUT2D eigenvalue weighted by Crippen LogP contribution is -2.45. The maximum Gasteiger partial charge on any atom is 0.223 e. The maximum absolute atomic E-state index is 12.4. The number of morpholine rings is 1. The molecule has 0 bridgehead atoms. The fourth-order valence-electron chi connectivity index (χ4n) is 3.45. The minimum Gasteiger partial charge on any atom is -0.379 e. The molecule has 1 atom stereocenters. The number of nitrogens with zero attached hydrogens (tertiary/aromatic N) is 1. The van der Waals surface area contributed by atoms with E-state index in [4.69, 9.17) is 4.74 Å². The zero-order valence-corrected chi connectivity index (χ0v) is 14.9. The summed E-state index contributed by atoms with van der Waals surface area (Å²) < 4.78 is 5.47. The second-order valence-electron chi connectivity index (χ2n) is 6.34. The van der Waals surface area contributed by atoms with E-state index in [1.807, 2.05) is 6.07 Å². The predicted molar refractivity (Wildman–Crippen MR) is 97.4 cm³/mol. The lowest BCUT2D eigenvalue weighted by molar-refractivity contribution is -0.126. The Balaban J connectivity index is 0.00000208. The van der Waals surface area contributed by atoms with E-state index < -0.39 is 0 Å². The first-order valence-corrected chi connectivity index (χ1v) is 8.70. The molecule has 2 saturated heterocycles. The van der Waals surface area contributed by atoms with Gasteiger partial charge in [0.1, 0.15) is 0 Å². The van der Waals surface area contributed by atoms with Gasteiger partial charge < -0.3 is 15.4 Å². The summed E-state index contributed by atoms with van der Waals surface area (Å²) in [6.45, 7) is 5.95. The molecule has 2 N–H and O–H groups in total. The summed E-state index contributed by atoms with van der Waals surface area (Å²) in [4.78, 5) is 14.9. The minimum atomic E-state index is 0.